The third kappa shape index (κ3) is 6.23. The summed E-state index contributed by atoms with van der Waals surface area (Å²) in [5, 5.41) is 2.72. The van der Waals surface area contributed by atoms with Crippen LogP contribution in [0.2, 0.25) is 0 Å². The maximum atomic E-state index is 13.7. The third-order valence-electron chi connectivity index (χ3n) is 3.81. The van der Waals surface area contributed by atoms with Crippen LogP contribution in [0, 0.1) is 11.6 Å². The Kier molecular flexibility index (Phi) is 8.25. The van der Waals surface area contributed by atoms with Crippen molar-refractivity contribution in [2.75, 3.05) is 31.3 Å². The number of thioether (sulfide) groups is 1. The number of ether oxygens (including phenoxy) is 1. The van der Waals surface area contributed by atoms with E-state index in [0.29, 0.717) is 24.4 Å². The molecule has 0 aliphatic rings. The lowest BCUT2D eigenvalue weighted by molar-refractivity contribution is -0.132. The van der Waals surface area contributed by atoms with Crippen LogP contribution in [0.25, 0.3) is 0 Å². The van der Waals surface area contributed by atoms with E-state index in [1.165, 1.54) is 12.0 Å². The second-order valence-electron chi connectivity index (χ2n) is 5.93. The fourth-order valence-corrected chi connectivity index (χ4v) is 3.35. The van der Waals surface area contributed by atoms with Gasteiger partial charge in [-0.25, -0.2) is 8.78 Å². The molecule has 0 saturated carbocycles. The Labute approximate surface area is 167 Å². The highest BCUT2D eigenvalue weighted by atomic mass is 32.2. The molecule has 0 spiro atoms. The Bertz CT molecular complexity index is 833. The zero-order chi connectivity index (χ0) is 20.5. The van der Waals surface area contributed by atoms with Gasteiger partial charge in [0.2, 0.25) is 11.8 Å². The maximum Gasteiger partial charge on any atom is 0.244 e. The van der Waals surface area contributed by atoms with Gasteiger partial charge in [0, 0.05) is 11.4 Å². The number of nitrogens with one attached hydrogen (secondary N) is 1. The van der Waals surface area contributed by atoms with Crippen molar-refractivity contribution >= 4 is 29.3 Å². The van der Waals surface area contributed by atoms with Crippen LogP contribution in [0.15, 0.2) is 47.4 Å². The average Bonchev–Trinajstić information content (AvgIpc) is 2.68. The summed E-state index contributed by atoms with van der Waals surface area (Å²) in [6.07, 6.45) is 0.659. The number of anilines is 1. The monoisotopic (exact) mass is 408 g/mol. The molecule has 2 amide bonds. The molecule has 0 heterocycles. The standard InChI is InChI=1S/C20H22F2N2O3S/c1-3-10-24(12-19(25)23-16-6-4-5-7-17(16)27-2)20(26)13-28-18-11-14(21)8-9-15(18)22/h4-9,11H,3,10,12-13H2,1-2H3,(H,23,25). The summed E-state index contributed by atoms with van der Waals surface area (Å²) in [5.74, 6) is -1.43. The van der Waals surface area contributed by atoms with Crippen molar-refractivity contribution in [1.82, 2.24) is 4.90 Å². The van der Waals surface area contributed by atoms with Gasteiger partial charge in [0.25, 0.3) is 0 Å². The second-order valence-corrected chi connectivity index (χ2v) is 6.94. The number of benzene rings is 2. The van der Waals surface area contributed by atoms with Gasteiger partial charge in [0.15, 0.2) is 0 Å². The first-order valence-corrected chi connectivity index (χ1v) is 9.71. The number of methoxy groups -OCH3 is 1. The Morgan fingerprint density at radius 2 is 1.93 bits per heavy atom. The van der Waals surface area contributed by atoms with Gasteiger partial charge < -0.3 is 15.0 Å². The molecule has 8 heteroatoms. The number of carbonyl (C=O) groups excluding carboxylic acids is 2. The molecule has 0 aromatic heterocycles. The fraction of sp³-hybridized carbons (Fsp3) is 0.300. The molecule has 2 rings (SSSR count). The van der Waals surface area contributed by atoms with Gasteiger partial charge in [-0.1, -0.05) is 19.1 Å². The number of hydrogen-bond donors (Lipinski definition) is 1. The number of carbonyl (C=O) groups is 2. The quantitative estimate of drug-likeness (QED) is 0.639. The summed E-state index contributed by atoms with van der Waals surface area (Å²) in [7, 11) is 1.50. The minimum Gasteiger partial charge on any atom is -0.495 e. The minimum atomic E-state index is -0.588. The summed E-state index contributed by atoms with van der Waals surface area (Å²) in [4.78, 5) is 26.3. The van der Waals surface area contributed by atoms with Crippen LogP contribution < -0.4 is 10.1 Å². The molecular formula is C20H22F2N2O3S. The number of nitrogens with zero attached hydrogens (tertiary/aromatic N) is 1. The van der Waals surface area contributed by atoms with Gasteiger partial charge in [-0.2, -0.15) is 0 Å². The SMILES string of the molecule is CCCN(CC(=O)Nc1ccccc1OC)C(=O)CSc1cc(F)ccc1F. The van der Waals surface area contributed by atoms with Crippen LogP contribution in [-0.2, 0) is 9.59 Å². The van der Waals surface area contributed by atoms with Crippen molar-refractivity contribution in [2.24, 2.45) is 0 Å². The summed E-state index contributed by atoms with van der Waals surface area (Å²) >= 11 is 0.903. The molecule has 150 valence electrons. The van der Waals surface area contributed by atoms with Crippen LogP contribution >= 0.6 is 11.8 Å². The van der Waals surface area contributed by atoms with Gasteiger partial charge in [0.1, 0.15) is 17.4 Å². The predicted molar refractivity (Wildman–Crippen MR) is 106 cm³/mol. The van der Waals surface area contributed by atoms with Crippen molar-refractivity contribution in [3.8, 4) is 5.75 Å². The lowest BCUT2D eigenvalue weighted by Gasteiger charge is -2.22. The van der Waals surface area contributed by atoms with Crippen LogP contribution in [0.1, 0.15) is 13.3 Å². The molecule has 5 nitrogen and oxygen atoms in total. The molecule has 0 saturated heterocycles. The highest BCUT2D eigenvalue weighted by Crippen LogP contribution is 2.24. The van der Waals surface area contributed by atoms with Crippen LogP contribution in [0.5, 0.6) is 5.75 Å². The van der Waals surface area contributed by atoms with E-state index in [2.05, 4.69) is 5.32 Å². The summed E-state index contributed by atoms with van der Waals surface area (Å²) < 4.78 is 32.1. The average molecular weight is 408 g/mol. The highest BCUT2D eigenvalue weighted by molar-refractivity contribution is 8.00. The molecular weight excluding hydrogens is 386 g/mol. The normalized spacial score (nSPS) is 10.4. The first-order chi connectivity index (χ1) is 13.4. The van der Waals surface area contributed by atoms with E-state index in [4.69, 9.17) is 4.74 Å². The minimum absolute atomic E-state index is 0.0586. The molecule has 0 aliphatic heterocycles. The van der Waals surface area contributed by atoms with Gasteiger partial charge in [-0.05, 0) is 36.8 Å². The lowest BCUT2D eigenvalue weighted by atomic mass is 10.3. The van der Waals surface area contributed by atoms with E-state index in [1.54, 1.807) is 24.3 Å². The smallest absolute Gasteiger partial charge is 0.244 e. The van der Waals surface area contributed by atoms with Gasteiger partial charge in [-0.15, -0.1) is 11.8 Å². The van der Waals surface area contributed by atoms with Gasteiger partial charge in [-0.3, -0.25) is 9.59 Å². The summed E-state index contributed by atoms with van der Waals surface area (Å²) in [5.41, 5.74) is 0.509. The van der Waals surface area contributed by atoms with E-state index in [-0.39, 0.29) is 29.0 Å². The van der Waals surface area contributed by atoms with E-state index in [0.717, 1.165) is 30.0 Å². The molecule has 0 radical (unpaired) electrons. The Balaban J connectivity index is 1.98. The number of para-hydroxylation sites is 2. The van der Waals surface area contributed by atoms with Gasteiger partial charge >= 0.3 is 0 Å². The van der Waals surface area contributed by atoms with Crippen molar-refractivity contribution in [3.05, 3.63) is 54.1 Å². The largest absolute Gasteiger partial charge is 0.495 e. The Morgan fingerprint density at radius 3 is 2.64 bits per heavy atom. The molecule has 0 aliphatic carbocycles. The fourth-order valence-electron chi connectivity index (χ4n) is 2.49. The van der Waals surface area contributed by atoms with Crippen molar-refractivity contribution in [2.45, 2.75) is 18.2 Å². The predicted octanol–water partition coefficient (Wildman–Crippen LogP) is 3.94. The second kappa shape index (κ2) is 10.7. The summed E-state index contributed by atoms with van der Waals surface area (Å²) in [6, 6.07) is 10.0. The zero-order valence-corrected chi connectivity index (χ0v) is 16.5. The molecule has 1 N–H and O–H groups in total. The van der Waals surface area contributed by atoms with E-state index < -0.39 is 11.6 Å². The number of halogens is 2. The molecule has 28 heavy (non-hydrogen) atoms. The van der Waals surface area contributed by atoms with Crippen molar-refractivity contribution < 1.29 is 23.1 Å². The highest BCUT2D eigenvalue weighted by Gasteiger charge is 2.18. The molecule has 2 aromatic rings. The third-order valence-corrected chi connectivity index (χ3v) is 4.82. The number of amides is 2. The number of rotatable bonds is 9. The molecule has 0 unspecified atom stereocenters. The molecule has 0 bridgehead atoms. The lowest BCUT2D eigenvalue weighted by Crippen LogP contribution is -2.39. The van der Waals surface area contributed by atoms with Crippen LogP contribution in [0.3, 0.4) is 0 Å². The Hall–Kier alpha value is -2.61. The first kappa shape index (κ1) is 21.7. The molecule has 2 aromatic carbocycles. The maximum absolute atomic E-state index is 13.7. The van der Waals surface area contributed by atoms with E-state index in [9.17, 15) is 18.4 Å². The first-order valence-electron chi connectivity index (χ1n) is 8.73. The van der Waals surface area contributed by atoms with E-state index in [1.807, 2.05) is 6.92 Å². The van der Waals surface area contributed by atoms with Gasteiger partial charge in [0.05, 0.1) is 25.1 Å². The zero-order valence-electron chi connectivity index (χ0n) is 15.7. The van der Waals surface area contributed by atoms with Crippen molar-refractivity contribution in [1.29, 1.82) is 0 Å². The Morgan fingerprint density at radius 1 is 1.18 bits per heavy atom. The molecule has 0 fully saturated rings. The van der Waals surface area contributed by atoms with E-state index >= 15 is 0 Å². The summed E-state index contributed by atoms with van der Waals surface area (Å²) in [6.45, 7) is 2.12. The molecule has 0 atom stereocenters. The van der Waals surface area contributed by atoms with Crippen molar-refractivity contribution in [3.63, 3.8) is 0 Å². The topological polar surface area (TPSA) is 58.6 Å². The number of hydrogen-bond acceptors (Lipinski definition) is 4. The van der Waals surface area contributed by atoms with Crippen LogP contribution in [-0.4, -0.2) is 42.7 Å². The van der Waals surface area contributed by atoms with Crippen LogP contribution in [0.4, 0.5) is 14.5 Å².